The van der Waals surface area contributed by atoms with Crippen LogP contribution in [0.2, 0.25) is 5.28 Å². The summed E-state index contributed by atoms with van der Waals surface area (Å²) in [7, 11) is 1.53. The lowest BCUT2D eigenvalue weighted by Crippen LogP contribution is -2.03. The normalized spacial score (nSPS) is 13.2. The van der Waals surface area contributed by atoms with Crippen molar-refractivity contribution in [2.45, 2.75) is 13.2 Å². The molecule has 6 rings (SSSR count). The predicted molar refractivity (Wildman–Crippen MR) is 134 cm³/mol. The predicted octanol–water partition coefficient (Wildman–Crippen LogP) is 6.11. The number of nitrogens with one attached hydrogen (secondary N) is 1. The molecule has 4 aromatic heterocycles. The monoisotopic (exact) mass is 578 g/mol. The third-order valence-electron chi connectivity index (χ3n) is 5.02. The number of rotatable bonds is 1. The molecule has 31 heavy (non-hydrogen) atoms. The molecule has 0 aliphatic carbocycles. The lowest BCUT2D eigenvalue weighted by molar-refractivity contribution is 0.309. The fourth-order valence-electron chi connectivity index (χ4n) is 3.64. The van der Waals surface area contributed by atoms with Crippen molar-refractivity contribution in [2.24, 2.45) is 0 Å². The van der Waals surface area contributed by atoms with Crippen LogP contribution in [0.1, 0.15) is 9.88 Å². The maximum absolute atomic E-state index is 6.28. The summed E-state index contributed by atoms with van der Waals surface area (Å²) in [6, 6.07) is 8.22. The van der Waals surface area contributed by atoms with Gasteiger partial charge >= 0.3 is 0 Å². The van der Waals surface area contributed by atoms with Crippen LogP contribution in [0.3, 0.4) is 0 Å². The minimum absolute atomic E-state index is 0.199. The summed E-state index contributed by atoms with van der Waals surface area (Å²) in [6.07, 6.45) is 5.67. The number of nitrogens with zero attached hydrogens (tertiary/aromatic N) is 5. The second-order valence-electron chi connectivity index (χ2n) is 6.92. The molecule has 0 saturated carbocycles. The molecule has 0 spiro atoms. The number of thiazole rings is 1. The molecular weight excluding hydrogens is 567 g/mol. The van der Waals surface area contributed by atoms with Gasteiger partial charge in [0.25, 0.3) is 0 Å². The molecule has 0 saturated heterocycles. The molecule has 0 unspecified atom stereocenters. The Bertz CT molecular complexity index is 1470. The molecule has 1 N–H and O–H groups in total. The Morgan fingerprint density at radius 2 is 2.13 bits per heavy atom. The SMILES string of the molecule is Clc1nc2c3c(cn(SI)c3n1)-c1ccc3ncc(cc3c1)OCc1cnc(s1)CN2. The molecule has 5 bridgehead atoms. The van der Waals surface area contributed by atoms with Crippen molar-refractivity contribution in [1.29, 1.82) is 0 Å². The van der Waals surface area contributed by atoms with Gasteiger partial charge in [-0.2, -0.15) is 4.98 Å². The van der Waals surface area contributed by atoms with Gasteiger partial charge in [0.05, 0.1) is 28.5 Å². The van der Waals surface area contributed by atoms with E-state index in [4.69, 9.17) is 16.3 Å². The highest BCUT2D eigenvalue weighted by molar-refractivity contribution is 14.2. The quantitative estimate of drug-likeness (QED) is 0.190. The second kappa shape index (κ2) is 7.76. The maximum Gasteiger partial charge on any atom is 0.226 e. The van der Waals surface area contributed by atoms with Crippen LogP contribution in [0.5, 0.6) is 5.75 Å². The molecular formula is C20H12ClIN6OS2. The molecule has 7 nitrogen and oxygen atoms in total. The zero-order valence-electron chi connectivity index (χ0n) is 15.7. The Labute approximate surface area is 202 Å². The van der Waals surface area contributed by atoms with Gasteiger partial charge in [-0.15, -0.1) is 11.3 Å². The highest BCUT2D eigenvalue weighted by Gasteiger charge is 2.19. The number of ether oxygens (including phenoxy) is 1. The first-order valence-corrected chi connectivity index (χ1v) is 13.8. The van der Waals surface area contributed by atoms with Gasteiger partial charge in [-0.3, -0.25) is 8.96 Å². The van der Waals surface area contributed by atoms with Crippen molar-refractivity contribution in [1.82, 2.24) is 23.9 Å². The molecule has 154 valence electrons. The van der Waals surface area contributed by atoms with E-state index in [2.05, 4.69) is 64.8 Å². The second-order valence-corrected chi connectivity index (χ2v) is 10.2. The van der Waals surface area contributed by atoms with Gasteiger partial charge < -0.3 is 10.1 Å². The topological polar surface area (TPSA) is 77.8 Å². The van der Waals surface area contributed by atoms with Crippen LogP contribution in [0, 0.1) is 0 Å². The first kappa shape index (κ1) is 19.5. The number of benzene rings is 1. The standard InChI is InChI=1S/C20H12ClIN6OS2/c21-20-26-18-17-14(8-28(31-22)19(17)27-20)10-1-2-15-11(3-10)4-12(5-23-15)29-9-13-6-24-16(30-13)7-25-18/h1-6,8H,7,9H2,(H,25,26,27). The Morgan fingerprint density at radius 1 is 1.19 bits per heavy atom. The molecule has 0 fully saturated rings. The first-order valence-electron chi connectivity index (χ1n) is 9.26. The molecule has 0 radical (unpaired) electrons. The van der Waals surface area contributed by atoms with Crippen LogP contribution in [-0.4, -0.2) is 23.9 Å². The molecule has 1 aromatic carbocycles. The molecule has 1 aliphatic heterocycles. The largest absolute Gasteiger partial charge is 0.486 e. The molecule has 1 aliphatic rings. The minimum atomic E-state index is 0.199. The average molecular weight is 579 g/mol. The summed E-state index contributed by atoms with van der Waals surface area (Å²) in [5.41, 5.74) is 3.73. The van der Waals surface area contributed by atoms with Crippen LogP contribution in [-0.2, 0) is 13.2 Å². The van der Waals surface area contributed by atoms with Crippen molar-refractivity contribution in [3.8, 4) is 16.9 Å². The molecule has 0 amide bonds. The third-order valence-corrected chi connectivity index (χ3v) is 7.86. The van der Waals surface area contributed by atoms with Crippen LogP contribution in [0.25, 0.3) is 33.1 Å². The lowest BCUT2D eigenvalue weighted by atomic mass is 10.0. The number of hydrogen-bond acceptors (Lipinski definition) is 8. The number of pyridine rings is 1. The van der Waals surface area contributed by atoms with E-state index in [1.807, 2.05) is 22.3 Å². The smallest absolute Gasteiger partial charge is 0.226 e. The summed E-state index contributed by atoms with van der Waals surface area (Å²) in [5, 5.41) is 6.48. The fraction of sp³-hybridized carbons (Fsp3) is 0.100. The van der Waals surface area contributed by atoms with E-state index in [9.17, 15) is 0 Å². The van der Waals surface area contributed by atoms with E-state index in [0.29, 0.717) is 19.0 Å². The van der Waals surface area contributed by atoms with E-state index in [-0.39, 0.29) is 5.28 Å². The number of halogens is 2. The van der Waals surface area contributed by atoms with Gasteiger partial charge in [0.1, 0.15) is 23.2 Å². The Hall–Kier alpha value is -2.15. The summed E-state index contributed by atoms with van der Waals surface area (Å²) in [6.45, 7) is 0.982. The van der Waals surface area contributed by atoms with Crippen LogP contribution in [0.4, 0.5) is 5.82 Å². The highest BCUT2D eigenvalue weighted by Crippen LogP contribution is 2.39. The van der Waals surface area contributed by atoms with Crippen molar-refractivity contribution < 1.29 is 4.74 Å². The van der Waals surface area contributed by atoms with E-state index >= 15 is 0 Å². The van der Waals surface area contributed by atoms with E-state index in [1.54, 1.807) is 17.5 Å². The lowest BCUT2D eigenvalue weighted by Gasteiger charge is -2.09. The number of anilines is 1. The fourth-order valence-corrected chi connectivity index (χ4v) is 5.82. The summed E-state index contributed by atoms with van der Waals surface area (Å²) in [4.78, 5) is 19.1. The minimum Gasteiger partial charge on any atom is -0.486 e. The molecule has 11 heteroatoms. The molecule has 5 heterocycles. The van der Waals surface area contributed by atoms with Crippen molar-refractivity contribution >= 4 is 81.0 Å². The van der Waals surface area contributed by atoms with Crippen molar-refractivity contribution in [3.05, 3.63) is 58.0 Å². The van der Waals surface area contributed by atoms with Gasteiger partial charge in [-0.25, -0.2) is 9.97 Å². The summed E-state index contributed by atoms with van der Waals surface area (Å²) >= 11 is 10.1. The van der Waals surface area contributed by atoms with E-state index in [1.165, 1.54) is 9.12 Å². The Kier molecular flexibility index (Phi) is 4.89. The van der Waals surface area contributed by atoms with Gasteiger partial charge in [0, 0.05) is 53.7 Å². The van der Waals surface area contributed by atoms with Crippen LogP contribution < -0.4 is 10.1 Å². The van der Waals surface area contributed by atoms with Crippen LogP contribution in [0.15, 0.2) is 42.9 Å². The Balaban J connectivity index is 1.64. The number of fused-ring (bicyclic) bond motifs is 5. The van der Waals surface area contributed by atoms with E-state index < -0.39 is 0 Å². The summed E-state index contributed by atoms with van der Waals surface area (Å²) < 4.78 is 7.97. The van der Waals surface area contributed by atoms with Gasteiger partial charge in [0.15, 0.2) is 5.65 Å². The number of hydrogen-bond donors (Lipinski definition) is 1. The zero-order valence-corrected chi connectivity index (χ0v) is 20.2. The highest BCUT2D eigenvalue weighted by atomic mass is 127. The van der Waals surface area contributed by atoms with Gasteiger partial charge in [-0.1, -0.05) is 6.07 Å². The van der Waals surface area contributed by atoms with Crippen molar-refractivity contribution in [2.75, 3.05) is 5.32 Å². The molecule has 5 aromatic rings. The first-order chi connectivity index (χ1) is 15.2. The number of aromatic nitrogens is 5. The zero-order chi connectivity index (χ0) is 20.9. The Morgan fingerprint density at radius 3 is 3.03 bits per heavy atom. The van der Waals surface area contributed by atoms with Crippen molar-refractivity contribution in [3.63, 3.8) is 0 Å². The van der Waals surface area contributed by atoms with Gasteiger partial charge in [0.2, 0.25) is 5.28 Å². The molecule has 0 atom stereocenters. The average Bonchev–Trinajstić information content (AvgIpc) is 3.39. The van der Waals surface area contributed by atoms with Gasteiger partial charge in [-0.05, 0) is 35.4 Å². The van der Waals surface area contributed by atoms with Crippen LogP contribution >= 0.6 is 53.3 Å². The van der Waals surface area contributed by atoms with E-state index in [0.717, 1.165) is 48.7 Å². The third kappa shape index (κ3) is 3.51. The summed E-state index contributed by atoms with van der Waals surface area (Å²) in [5.74, 6) is 1.41. The maximum atomic E-state index is 6.28.